The summed E-state index contributed by atoms with van der Waals surface area (Å²) in [6, 6.07) is 8.12. The van der Waals surface area contributed by atoms with E-state index in [1.165, 1.54) is 13.2 Å². The molecular weight excluding hydrogens is 338 g/mol. The van der Waals surface area contributed by atoms with Crippen LogP contribution in [-0.2, 0) is 4.74 Å². The summed E-state index contributed by atoms with van der Waals surface area (Å²) in [6.45, 7) is 4.20. The lowest BCUT2D eigenvalue weighted by Gasteiger charge is -2.26. The van der Waals surface area contributed by atoms with Crippen molar-refractivity contribution in [1.82, 2.24) is 10.2 Å². The molecule has 0 unspecified atom stereocenters. The number of fused-ring (bicyclic) bond motifs is 1. The minimum absolute atomic E-state index is 0.111. The lowest BCUT2D eigenvalue weighted by atomic mass is 10.0. The number of hydrogen-bond donors (Lipinski definition) is 1. The van der Waals surface area contributed by atoms with E-state index >= 15 is 0 Å². The van der Waals surface area contributed by atoms with Crippen LogP contribution in [0.5, 0.6) is 5.75 Å². The SMILES string of the molecule is COc1c(C(=O)NCCN2CCOCC2)cc([N+](=O)[O-])c2ccccc12. The molecule has 8 heteroatoms. The Morgan fingerprint density at radius 3 is 2.65 bits per heavy atom. The van der Waals surface area contributed by atoms with Gasteiger partial charge in [0, 0.05) is 37.6 Å². The number of nitro benzene ring substituents is 1. The van der Waals surface area contributed by atoms with Crippen molar-refractivity contribution in [1.29, 1.82) is 0 Å². The number of methoxy groups -OCH3 is 1. The van der Waals surface area contributed by atoms with E-state index in [-0.39, 0.29) is 17.2 Å². The average molecular weight is 359 g/mol. The third-order valence-corrected chi connectivity index (χ3v) is 4.44. The van der Waals surface area contributed by atoms with Crippen LogP contribution in [-0.4, -0.2) is 62.2 Å². The molecule has 0 saturated carbocycles. The van der Waals surface area contributed by atoms with Crippen molar-refractivity contribution in [2.45, 2.75) is 0 Å². The van der Waals surface area contributed by atoms with Gasteiger partial charge in [0.2, 0.25) is 0 Å². The van der Waals surface area contributed by atoms with E-state index in [4.69, 9.17) is 9.47 Å². The summed E-state index contributed by atoms with van der Waals surface area (Å²) in [5.41, 5.74) is 0.0552. The van der Waals surface area contributed by atoms with E-state index in [9.17, 15) is 14.9 Å². The summed E-state index contributed by atoms with van der Waals surface area (Å²) >= 11 is 0. The second-order valence-electron chi connectivity index (χ2n) is 5.99. The first-order valence-corrected chi connectivity index (χ1v) is 8.44. The molecule has 3 rings (SSSR count). The van der Waals surface area contributed by atoms with E-state index in [1.807, 2.05) is 0 Å². The molecule has 1 amide bonds. The maximum atomic E-state index is 12.6. The molecule has 2 aromatic rings. The molecule has 1 N–H and O–H groups in total. The van der Waals surface area contributed by atoms with Crippen molar-refractivity contribution in [3.63, 3.8) is 0 Å². The molecule has 26 heavy (non-hydrogen) atoms. The van der Waals surface area contributed by atoms with Gasteiger partial charge in [-0.2, -0.15) is 0 Å². The molecule has 1 aliphatic rings. The van der Waals surface area contributed by atoms with E-state index < -0.39 is 4.92 Å². The van der Waals surface area contributed by atoms with Gasteiger partial charge in [0.1, 0.15) is 5.75 Å². The van der Waals surface area contributed by atoms with Crippen LogP contribution in [0.3, 0.4) is 0 Å². The molecule has 0 radical (unpaired) electrons. The van der Waals surface area contributed by atoms with Crippen molar-refractivity contribution in [3.8, 4) is 5.75 Å². The van der Waals surface area contributed by atoms with E-state index in [0.717, 1.165) is 13.1 Å². The molecule has 0 bridgehead atoms. The summed E-state index contributed by atoms with van der Waals surface area (Å²) in [6.07, 6.45) is 0. The maximum absolute atomic E-state index is 12.6. The van der Waals surface area contributed by atoms with Gasteiger partial charge in [0.15, 0.2) is 0 Å². The van der Waals surface area contributed by atoms with E-state index in [1.54, 1.807) is 24.3 Å². The van der Waals surface area contributed by atoms with Gasteiger partial charge in [-0.3, -0.25) is 19.8 Å². The van der Waals surface area contributed by atoms with Crippen molar-refractivity contribution < 1.29 is 19.2 Å². The molecule has 0 spiro atoms. The Kier molecular flexibility index (Phi) is 5.65. The Morgan fingerprint density at radius 1 is 1.31 bits per heavy atom. The van der Waals surface area contributed by atoms with Crippen LogP contribution in [0.25, 0.3) is 10.8 Å². The molecule has 1 heterocycles. The van der Waals surface area contributed by atoms with Gasteiger partial charge in [-0.05, 0) is 6.07 Å². The summed E-state index contributed by atoms with van der Waals surface area (Å²) in [5, 5.41) is 15.2. The first-order chi connectivity index (χ1) is 12.6. The highest BCUT2D eigenvalue weighted by Crippen LogP contribution is 2.36. The molecule has 1 fully saturated rings. The smallest absolute Gasteiger partial charge is 0.278 e. The summed E-state index contributed by atoms with van der Waals surface area (Å²) in [4.78, 5) is 25.8. The number of benzene rings is 2. The predicted octanol–water partition coefficient (Wildman–Crippen LogP) is 1.82. The molecule has 8 nitrogen and oxygen atoms in total. The van der Waals surface area contributed by atoms with Gasteiger partial charge >= 0.3 is 0 Å². The molecular formula is C18H21N3O5. The minimum atomic E-state index is -0.480. The summed E-state index contributed by atoms with van der Waals surface area (Å²) < 4.78 is 10.7. The fourth-order valence-corrected chi connectivity index (χ4v) is 3.12. The Labute approximate surface area is 150 Å². The van der Waals surface area contributed by atoms with Crippen molar-refractivity contribution in [2.75, 3.05) is 46.5 Å². The minimum Gasteiger partial charge on any atom is -0.495 e. The maximum Gasteiger partial charge on any atom is 0.278 e. The molecule has 0 atom stereocenters. The zero-order valence-electron chi connectivity index (χ0n) is 14.6. The fraction of sp³-hybridized carbons (Fsp3) is 0.389. The monoisotopic (exact) mass is 359 g/mol. The Bertz CT molecular complexity index is 818. The number of carbonyl (C=O) groups is 1. The van der Waals surface area contributed by atoms with Crippen molar-refractivity contribution in [3.05, 3.63) is 46.0 Å². The zero-order valence-corrected chi connectivity index (χ0v) is 14.6. The number of nitrogens with one attached hydrogen (secondary N) is 1. The van der Waals surface area contributed by atoms with Crippen LogP contribution in [0.15, 0.2) is 30.3 Å². The molecule has 0 aromatic heterocycles. The number of rotatable bonds is 6. The van der Waals surface area contributed by atoms with Gasteiger partial charge in [-0.15, -0.1) is 0 Å². The lowest BCUT2D eigenvalue weighted by Crippen LogP contribution is -2.41. The number of nitro groups is 1. The van der Waals surface area contributed by atoms with Gasteiger partial charge in [-0.1, -0.05) is 18.2 Å². The molecule has 1 saturated heterocycles. The molecule has 1 aliphatic heterocycles. The van der Waals surface area contributed by atoms with Gasteiger partial charge in [0.25, 0.3) is 11.6 Å². The number of ether oxygens (including phenoxy) is 2. The van der Waals surface area contributed by atoms with Crippen LogP contribution in [0.2, 0.25) is 0 Å². The quantitative estimate of drug-likeness (QED) is 0.625. The fourth-order valence-electron chi connectivity index (χ4n) is 3.12. The first kappa shape index (κ1) is 18.1. The Morgan fingerprint density at radius 2 is 2.00 bits per heavy atom. The average Bonchev–Trinajstić information content (AvgIpc) is 2.67. The molecule has 2 aromatic carbocycles. The standard InChI is InChI=1S/C18H21N3O5/c1-25-17-14-5-3-2-4-13(14)16(21(23)24)12-15(17)18(22)19-6-7-20-8-10-26-11-9-20/h2-5,12H,6-11H2,1H3,(H,19,22). The van der Waals surface area contributed by atoms with Crippen LogP contribution in [0.4, 0.5) is 5.69 Å². The third kappa shape index (κ3) is 3.76. The molecule has 0 aliphatic carbocycles. The Balaban J connectivity index is 1.83. The lowest BCUT2D eigenvalue weighted by molar-refractivity contribution is -0.383. The van der Waals surface area contributed by atoms with Crippen molar-refractivity contribution >= 4 is 22.4 Å². The number of hydrogen-bond acceptors (Lipinski definition) is 6. The van der Waals surface area contributed by atoms with E-state index in [2.05, 4.69) is 10.2 Å². The van der Waals surface area contributed by atoms with E-state index in [0.29, 0.717) is 42.8 Å². The van der Waals surface area contributed by atoms with Gasteiger partial charge in [-0.25, -0.2) is 0 Å². The number of nitrogens with zero attached hydrogens (tertiary/aromatic N) is 2. The predicted molar refractivity (Wildman–Crippen MR) is 96.7 cm³/mol. The van der Waals surface area contributed by atoms with Crippen LogP contribution in [0, 0.1) is 10.1 Å². The zero-order chi connectivity index (χ0) is 18.5. The van der Waals surface area contributed by atoms with Crippen LogP contribution < -0.4 is 10.1 Å². The Hall–Kier alpha value is -2.71. The summed E-state index contributed by atoms with van der Waals surface area (Å²) in [5.74, 6) is -0.0426. The number of non-ortho nitro benzene ring substituents is 1. The second kappa shape index (κ2) is 8.11. The van der Waals surface area contributed by atoms with Crippen LogP contribution in [0.1, 0.15) is 10.4 Å². The normalized spacial score (nSPS) is 15.0. The first-order valence-electron chi connectivity index (χ1n) is 8.44. The number of morpholine rings is 1. The highest BCUT2D eigenvalue weighted by atomic mass is 16.6. The number of carbonyl (C=O) groups excluding carboxylic acids is 1. The van der Waals surface area contributed by atoms with Crippen LogP contribution >= 0.6 is 0 Å². The highest BCUT2D eigenvalue weighted by molar-refractivity contribution is 6.07. The molecule has 138 valence electrons. The third-order valence-electron chi connectivity index (χ3n) is 4.44. The second-order valence-corrected chi connectivity index (χ2v) is 5.99. The largest absolute Gasteiger partial charge is 0.495 e. The summed E-state index contributed by atoms with van der Waals surface area (Å²) in [7, 11) is 1.46. The number of amides is 1. The highest BCUT2D eigenvalue weighted by Gasteiger charge is 2.23. The topological polar surface area (TPSA) is 93.9 Å². The van der Waals surface area contributed by atoms with Gasteiger partial charge in [0.05, 0.1) is 36.2 Å². The van der Waals surface area contributed by atoms with Crippen molar-refractivity contribution in [2.24, 2.45) is 0 Å². The van der Waals surface area contributed by atoms with Gasteiger partial charge < -0.3 is 14.8 Å².